The van der Waals surface area contributed by atoms with Crippen LogP contribution < -0.4 is 5.32 Å². The van der Waals surface area contributed by atoms with Crippen molar-refractivity contribution in [2.24, 2.45) is 0 Å². The maximum atomic E-state index is 13.4. The summed E-state index contributed by atoms with van der Waals surface area (Å²) in [5, 5.41) is 10.4. The molecule has 0 radical (unpaired) electrons. The zero-order valence-corrected chi connectivity index (χ0v) is 13.9. The van der Waals surface area contributed by atoms with Crippen molar-refractivity contribution in [3.8, 4) is 11.4 Å². The molecule has 25 heavy (non-hydrogen) atoms. The van der Waals surface area contributed by atoms with Gasteiger partial charge in [-0.25, -0.2) is 8.78 Å². The molecular formula is C17H13ClF2N4O. The van der Waals surface area contributed by atoms with Crippen LogP contribution in [0.15, 0.2) is 42.7 Å². The first-order valence-corrected chi connectivity index (χ1v) is 7.81. The fraction of sp³-hybridized carbons (Fsp3) is 0.118. The summed E-state index contributed by atoms with van der Waals surface area (Å²) >= 11 is 5.83. The van der Waals surface area contributed by atoms with Gasteiger partial charge in [0.25, 0.3) is 5.91 Å². The molecule has 0 aliphatic heterocycles. The highest BCUT2D eigenvalue weighted by Crippen LogP contribution is 2.24. The molecule has 0 spiro atoms. The van der Waals surface area contributed by atoms with Crippen molar-refractivity contribution in [3.63, 3.8) is 0 Å². The van der Waals surface area contributed by atoms with Crippen molar-refractivity contribution in [2.75, 3.05) is 5.32 Å². The number of nitrogens with zero attached hydrogens (tertiary/aromatic N) is 3. The predicted molar refractivity (Wildman–Crippen MR) is 90.5 cm³/mol. The molecule has 0 fully saturated rings. The average molecular weight is 363 g/mol. The quantitative estimate of drug-likeness (QED) is 0.709. The van der Waals surface area contributed by atoms with Gasteiger partial charge in [-0.3, -0.25) is 4.79 Å². The summed E-state index contributed by atoms with van der Waals surface area (Å²) in [5.41, 5.74) is 1.07. The molecule has 1 N–H and O–H groups in total. The topological polar surface area (TPSA) is 59.8 Å². The van der Waals surface area contributed by atoms with Crippen molar-refractivity contribution < 1.29 is 13.6 Å². The van der Waals surface area contributed by atoms with Crippen LogP contribution in [0.3, 0.4) is 0 Å². The fourth-order valence-corrected chi connectivity index (χ4v) is 2.58. The number of hydrogen-bond donors (Lipinski definition) is 1. The predicted octanol–water partition coefficient (Wildman–Crippen LogP) is 4.15. The Kier molecular flexibility index (Phi) is 4.76. The molecule has 1 amide bonds. The average Bonchev–Trinajstić information content (AvgIpc) is 3.07. The molecule has 0 bridgehead atoms. The lowest BCUT2D eigenvalue weighted by Crippen LogP contribution is -2.13. The van der Waals surface area contributed by atoms with Crippen LogP contribution >= 0.6 is 11.6 Å². The van der Waals surface area contributed by atoms with E-state index in [9.17, 15) is 13.6 Å². The molecule has 5 nitrogen and oxygen atoms in total. The van der Waals surface area contributed by atoms with Gasteiger partial charge in [-0.15, -0.1) is 10.2 Å². The van der Waals surface area contributed by atoms with E-state index in [1.54, 1.807) is 24.5 Å². The van der Waals surface area contributed by atoms with Crippen LogP contribution in [0.1, 0.15) is 17.3 Å². The van der Waals surface area contributed by atoms with Crippen molar-refractivity contribution in [3.05, 3.63) is 64.9 Å². The lowest BCUT2D eigenvalue weighted by molar-refractivity contribution is 0.102. The fourth-order valence-electron chi connectivity index (χ4n) is 2.34. The number of aryl methyl sites for hydroxylation is 1. The molecule has 3 rings (SSSR count). The van der Waals surface area contributed by atoms with E-state index in [2.05, 4.69) is 15.5 Å². The number of carbonyl (C=O) groups is 1. The third kappa shape index (κ3) is 3.51. The molecule has 0 saturated carbocycles. The van der Waals surface area contributed by atoms with Crippen molar-refractivity contribution in [2.45, 2.75) is 13.5 Å². The molecule has 3 aromatic rings. The lowest BCUT2D eigenvalue weighted by atomic mass is 10.1. The smallest absolute Gasteiger partial charge is 0.257 e. The second-order valence-electron chi connectivity index (χ2n) is 5.22. The van der Waals surface area contributed by atoms with Gasteiger partial charge >= 0.3 is 0 Å². The Balaban J connectivity index is 1.88. The van der Waals surface area contributed by atoms with Crippen molar-refractivity contribution in [1.29, 1.82) is 0 Å². The Morgan fingerprint density at radius 2 is 2.00 bits per heavy atom. The number of rotatable bonds is 4. The summed E-state index contributed by atoms with van der Waals surface area (Å²) in [6, 6.07) is 8.49. The van der Waals surface area contributed by atoms with Crippen LogP contribution in [0.2, 0.25) is 5.02 Å². The van der Waals surface area contributed by atoms with Crippen LogP contribution in [0.4, 0.5) is 14.5 Å². The number of hydrogen-bond acceptors (Lipinski definition) is 3. The highest BCUT2D eigenvalue weighted by atomic mass is 35.5. The molecule has 0 saturated heterocycles. The minimum Gasteiger partial charge on any atom is -0.322 e. The number of halogens is 3. The third-order valence-electron chi connectivity index (χ3n) is 3.59. The van der Waals surface area contributed by atoms with Crippen LogP contribution in [0.5, 0.6) is 0 Å². The molecular weight excluding hydrogens is 350 g/mol. The third-order valence-corrected chi connectivity index (χ3v) is 3.90. The first kappa shape index (κ1) is 17.0. The number of amides is 1. The minimum atomic E-state index is -1.14. The van der Waals surface area contributed by atoms with Gasteiger partial charge in [0.05, 0.1) is 10.6 Å². The second kappa shape index (κ2) is 6.98. The normalized spacial score (nSPS) is 10.7. The van der Waals surface area contributed by atoms with Crippen LogP contribution in [-0.2, 0) is 6.54 Å². The molecule has 0 unspecified atom stereocenters. The molecule has 2 aromatic carbocycles. The summed E-state index contributed by atoms with van der Waals surface area (Å²) in [5.74, 6) is -2.23. The van der Waals surface area contributed by atoms with E-state index >= 15 is 0 Å². The molecule has 128 valence electrons. The maximum Gasteiger partial charge on any atom is 0.257 e. The lowest BCUT2D eigenvalue weighted by Gasteiger charge is -2.09. The monoisotopic (exact) mass is 362 g/mol. The van der Waals surface area contributed by atoms with Gasteiger partial charge in [0.15, 0.2) is 17.5 Å². The summed E-state index contributed by atoms with van der Waals surface area (Å²) < 4.78 is 28.3. The van der Waals surface area contributed by atoms with Gasteiger partial charge in [0.2, 0.25) is 0 Å². The molecule has 0 aliphatic carbocycles. The maximum absolute atomic E-state index is 13.4. The number of nitrogens with one attached hydrogen (secondary N) is 1. The van der Waals surface area contributed by atoms with Crippen molar-refractivity contribution in [1.82, 2.24) is 14.8 Å². The van der Waals surface area contributed by atoms with Crippen molar-refractivity contribution >= 4 is 23.2 Å². The first-order valence-electron chi connectivity index (χ1n) is 7.43. The summed E-state index contributed by atoms with van der Waals surface area (Å²) in [7, 11) is 0. The second-order valence-corrected chi connectivity index (χ2v) is 5.63. The zero-order chi connectivity index (χ0) is 18.0. The van der Waals surface area contributed by atoms with E-state index in [-0.39, 0.29) is 10.6 Å². The van der Waals surface area contributed by atoms with E-state index in [0.29, 0.717) is 18.1 Å². The Labute approximate surface area is 147 Å². The Hall–Kier alpha value is -2.80. The molecule has 0 atom stereocenters. The van der Waals surface area contributed by atoms with Gasteiger partial charge < -0.3 is 9.88 Å². The van der Waals surface area contributed by atoms with Crippen LogP contribution in [0, 0.1) is 11.6 Å². The zero-order valence-electron chi connectivity index (χ0n) is 13.1. The molecule has 1 aromatic heterocycles. The van der Waals surface area contributed by atoms with Crippen LogP contribution in [0.25, 0.3) is 11.4 Å². The standard InChI is InChI=1S/C17H13ClF2N4O/c1-2-24-9-21-23-16(24)10-4-3-5-11(6-10)22-17(25)12-7-14(19)15(20)8-13(12)18/h3-9H,2H2,1H3,(H,22,25). The van der Waals surface area contributed by atoms with Gasteiger partial charge in [-0.1, -0.05) is 23.7 Å². The highest BCUT2D eigenvalue weighted by molar-refractivity contribution is 6.34. The Morgan fingerprint density at radius 1 is 1.24 bits per heavy atom. The first-order chi connectivity index (χ1) is 12.0. The molecule has 0 aliphatic rings. The van der Waals surface area contributed by atoms with Crippen LogP contribution in [-0.4, -0.2) is 20.7 Å². The summed E-state index contributed by atoms with van der Waals surface area (Å²) in [6.45, 7) is 2.66. The molecule has 1 heterocycles. The highest BCUT2D eigenvalue weighted by Gasteiger charge is 2.16. The summed E-state index contributed by atoms with van der Waals surface area (Å²) in [4.78, 5) is 12.3. The Bertz CT molecular complexity index is 942. The SMILES string of the molecule is CCn1cnnc1-c1cccc(NC(=O)c2cc(F)c(F)cc2Cl)c1. The van der Waals surface area contributed by atoms with Gasteiger partial charge in [0.1, 0.15) is 6.33 Å². The number of carbonyl (C=O) groups excluding carboxylic acids is 1. The van der Waals surface area contributed by atoms with Gasteiger partial charge in [-0.05, 0) is 31.2 Å². The van der Waals surface area contributed by atoms with E-state index in [1.165, 1.54) is 0 Å². The van der Waals surface area contributed by atoms with E-state index < -0.39 is 17.5 Å². The minimum absolute atomic E-state index is 0.150. The summed E-state index contributed by atoms with van der Waals surface area (Å²) in [6.07, 6.45) is 1.61. The van der Waals surface area contributed by atoms with E-state index in [4.69, 9.17) is 11.6 Å². The number of aromatic nitrogens is 3. The van der Waals surface area contributed by atoms with Gasteiger partial charge in [0, 0.05) is 17.8 Å². The van der Waals surface area contributed by atoms with E-state index in [1.807, 2.05) is 17.6 Å². The largest absolute Gasteiger partial charge is 0.322 e. The number of benzene rings is 2. The van der Waals surface area contributed by atoms with E-state index in [0.717, 1.165) is 17.7 Å². The molecule has 8 heteroatoms. The Morgan fingerprint density at radius 3 is 2.76 bits per heavy atom. The number of anilines is 1. The van der Waals surface area contributed by atoms with Gasteiger partial charge in [-0.2, -0.15) is 0 Å².